The molecular weight excluding hydrogens is 300 g/mol. The van der Waals surface area contributed by atoms with Gasteiger partial charge in [-0.1, -0.05) is 35.5 Å². The molecule has 1 N–H and O–H groups in total. The van der Waals surface area contributed by atoms with Crippen LogP contribution in [0.4, 0.5) is 11.4 Å². The number of nitrogens with zero attached hydrogens (tertiary/aromatic N) is 3. The summed E-state index contributed by atoms with van der Waals surface area (Å²) < 4.78 is 5.19. The summed E-state index contributed by atoms with van der Waals surface area (Å²) in [6, 6.07) is 18.8. The van der Waals surface area contributed by atoms with E-state index in [4.69, 9.17) is 4.52 Å². The van der Waals surface area contributed by atoms with Gasteiger partial charge in [0.1, 0.15) is 6.04 Å². The van der Waals surface area contributed by atoms with Crippen LogP contribution in [0.15, 0.2) is 59.1 Å². The summed E-state index contributed by atoms with van der Waals surface area (Å²) >= 11 is 0. The van der Waals surface area contributed by atoms with Crippen molar-refractivity contribution in [1.29, 1.82) is 0 Å². The van der Waals surface area contributed by atoms with Crippen LogP contribution in [0.1, 0.15) is 30.2 Å². The van der Waals surface area contributed by atoms with E-state index in [1.54, 1.807) is 0 Å². The van der Waals surface area contributed by atoms with Gasteiger partial charge in [-0.2, -0.15) is 4.98 Å². The van der Waals surface area contributed by atoms with Gasteiger partial charge < -0.3 is 14.7 Å². The van der Waals surface area contributed by atoms with Gasteiger partial charge >= 0.3 is 0 Å². The molecule has 3 rings (SSSR count). The number of hydrogen-bond acceptors (Lipinski definition) is 5. The molecule has 5 nitrogen and oxygen atoms in total. The maximum Gasteiger partial charge on any atom is 0.248 e. The number of hydrogen-bond donors (Lipinski definition) is 1. The average molecular weight is 322 g/mol. The molecule has 0 amide bonds. The summed E-state index contributed by atoms with van der Waals surface area (Å²) in [7, 11) is 2.10. The lowest BCUT2D eigenvalue weighted by Crippen LogP contribution is -2.16. The molecular formula is C19H22N4O. The molecule has 1 atom stereocenters. The van der Waals surface area contributed by atoms with E-state index >= 15 is 0 Å². The fourth-order valence-corrected chi connectivity index (χ4v) is 2.56. The Labute approximate surface area is 142 Å². The van der Waals surface area contributed by atoms with E-state index in [1.165, 1.54) is 11.3 Å². The molecule has 0 saturated carbocycles. The largest absolute Gasteiger partial charge is 0.374 e. The van der Waals surface area contributed by atoms with Gasteiger partial charge in [-0.05, 0) is 43.7 Å². The Morgan fingerprint density at radius 2 is 1.79 bits per heavy atom. The molecule has 0 saturated heterocycles. The third kappa shape index (κ3) is 3.93. The van der Waals surface area contributed by atoms with Crippen molar-refractivity contribution >= 4 is 11.4 Å². The van der Waals surface area contributed by atoms with Gasteiger partial charge in [0.25, 0.3) is 0 Å². The third-order valence-corrected chi connectivity index (χ3v) is 3.87. The SMILES string of the molecule is Cc1noc([C@H](C)Nc2ccc(N(C)Cc3ccccc3)cc2)n1. The first-order valence-electron chi connectivity index (χ1n) is 8.03. The zero-order valence-electron chi connectivity index (χ0n) is 14.2. The molecule has 3 aromatic rings. The minimum Gasteiger partial charge on any atom is -0.374 e. The zero-order valence-corrected chi connectivity index (χ0v) is 14.2. The highest BCUT2D eigenvalue weighted by atomic mass is 16.5. The number of aryl methyl sites for hydroxylation is 1. The minimum atomic E-state index is -0.0286. The van der Waals surface area contributed by atoms with Crippen molar-refractivity contribution < 1.29 is 4.52 Å². The van der Waals surface area contributed by atoms with Crippen LogP contribution in [0.3, 0.4) is 0 Å². The minimum absolute atomic E-state index is 0.0286. The second-order valence-electron chi connectivity index (χ2n) is 5.93. The first-order valence-corrected chi connectivity index (χ1v) is 8.03. The molecule has 24 heavy (non-hydrogen) atoms. The monoisotopic (exact) mass is 322 g/mol. The first-order chi connectivity index (χ1) is 11.6. The fraction of sp³-hybridized carbons (Fsp3) is 0.263. The molecule has 0 unspecified atom stereocenters. The number of anilines is 2. The van der Waals surface area contributed by atoms with E-state index in [0.29, 0.717) is 11.7 Å². The number of benzene rings is 2. The van der Waals surface area contributed by atoms with Crippen LogP contribution in [-0.2, 0) is 6.54 Å². The topological polar surface area (TPSA) is 54.2 Å². The number of aromatic nitrogens is 2. The lowest BCUT2D eigenvalue weighted by atomic mass is 10.2. The Morgan fingerprint density at radius 3 is 2.42 bits per heavy atom. The molecule has 1 aromatic heterocycles. The summed E-state index contributed by atoms with van der Waals surface area (Å²) in [4.78, 5) is 6.48. The Bertz CT molecular complexity index is 768. The molecule has 0 bridgehead atoms. The van der Waals surface area contributed by atoms with Crippen LogP contribution in [0, 0.1) is 6.92 Å². The van der Waals surface area contributed by atoms with Gasteiger partial charge in [0.05, 0.1) is 0 Å². The van der Waals surface area contributed by atoms with Crippen molar-refractivity contribution in [2.75, 3.05) is 17.3 Å². The highest BCUT2D eigenvalue weighted by molar-refractivity contribution is 5.55. The average Bonchev–Trinajstić information content (AvgIpc) is 3.03. The molecule has 0 aliphatic rings. The molecule has 0 fully saturated rings. The molecule has 0 radical (unpaired) electrons. The van der Waals surface area contributed by atoms with Gasteiger partial charge in [0, 0.05) is 25.0 Å². The molecule has 1 heterocycles. The van der Waals surface area contributed by atoms with Gasteiger partial charge in [-0.15, -0.1) is 0 Å². The molecule has 0 aliphatic heterocycles. The Morgan fingerprint density at radius 1 is 1.08 bits per heavy atom. The van der Waals surface area contributed by atoms with Crippen LogP contribution in [0.5, 0.6) is 0 Å². The van der Waals surface area contributed by atoms with Crippen LogP contribution < -0.4 is 10.2 Å². The number of rotatable bonds is 6. The quantitative estimate of drug-likeness (QED) is 0.737. The van der Waals surface area contributed by atoms with Crippen LogP contribution >= 0.6 is 0 Å². The van der Waals surface area contributed by atoms with E-state index in [0.717, 1.165) is 12.2 Å². The lowest BCUT2D eigenvalue weighted by Gasteiger charge is -2.20. The van der Waals surface area contributed by atoms with E-state index in [2.05, 4.69) is 75.9 Å². The summed E-state index contributed by atoms with van der Waals surface area (Å²) in [6.45, 7) is 4.70. The third-order valence-electron chi connectivity index (χ3n) is 3.87. The molecule has 2 aromatic carbocycles. The van der Waals surface area contributed by atoms with E-state index < -0.39 is 0 Å². The highest BCUT2D eigenvalue weighted by Crippen LogP contribution is 2.22. The van der Waals surface area contributed by atoms with Crippen molar-refractivity contribution in [2.45, 2.75) is 26.4 Å². The van der Waals surface area contributed by atoms with E-state index in [1.807, 2.05) is 19.9 Å². The van der Waals surface area contributed by atoms with E-state index in [-0.39, 0.29) is 6.04 Å². The second kappa shape index (κ2) is 7.17. The zero-order chi connectivity index (χ0) is 16.9. The van der Waals surface area contributed by atoms with Gasteiger partial charge in [-0.3, -0.25) is 0 Å². The van der Waals surface area contributed by atoms with Crippen molar-refractivity contribution in [3.05, 3.63) is 71.9 Å². The first kappa shape index (κ1) is 16.1. The highest BCUT2D eigenvalue weighted by Gasteiger charge is 2.12. The predicted molar refractivity (Wildman–Crippen MR) is 96.1 cm³/mol. The van der Waals surface area contributed by atoms with Crippen molar-refractivity contribution in [3.8, 4) is 0 Å². The van der Waals surface area contributed by atoms with Crippen molar-refractivity contribution in [3.63, 3.8) is 0 Å². The molecule has 5 heteroatoms. The normalized spacial score (nSPS) is 12.0. The van der Waals surface area contributed by atoms with Crippen LogP contribution in [0.25, 0.3) is 0 Å². The van der Waals surface area contributed by atoms with Gasteiger partial charge in [0.15, 0.2) is 5.82 Å². The van der Waals surface area contributed by atoms with E-state index in [9.17, 15) is 0 Å². The summed E-state index contributed by atoms with van der Waals surface area (Å²) in [6.07, 6.45) is 0. The second-order valence-corrected chi connectivity index (χ2v) is 5.93. The Kier molecular flexibility index (Phi) is 4.79. The van der Waals surface area contributed by atoms with Crippen molar-refractivity contribution in [2.24, 2.45) is 0 Å². The van der Waals surface area contributed by atoms with Crippen LogP contribution in [0.2, 0.25) is 0 Å². The van der Waals surface area contributed by atoms with Crippen LogP contribution in [-0.4, -0.2) is 17.2 Å². The fourth-order valence-electron chi connectivity index (χ4n) is 2.56. The molecule has 0 spiro atoms. The summed E-state index contributed by atoms with van der Waals surface area (Å²) in [5.74, 6) is 1.24. The standard InChI is InChI=1S/C19H22N4O/c1-14(19-21-15(2)22-24-19)20-17-9-11-18(12-10-17)23(3)13-16-7-5-4-6-8-16/h4-12,14,20H,13H2,1-3H3/t14-/m0/s1. The van der Waals surface area contributed by atoms with Gasteiger partial charge in [0.2, 0.25) is 5.89 Å². The summed E-state index contributed by atoms with van der Waals surface area (Å²) in [5, 5.41) is 7.20. The van der Waals surface area contributed by atoms with Crippen molar-refractivity contribution in [1.82, 2.24) is 10.1 Å². The predicted octanol–water partition coefficient (Wildman–Crippen LogP) is 4.19. The maximum absolute atomic E-state index is 5.19. The summed E-state index contributed by atoms with van der Waals surface area (Å²) in [5.41, 5.74) is 3.49. The molecule has 124 valence electrons. The number of nitrogens with one attached hydrogen (secondary N) is 1. The maximum atomic E-state index is 5.19. The Hall–Kier alpha value is -2.82. The smallest absolute Gasteiger partial charge is 0.248 e. The lowest BCUT2D eigenvalue weighted by molar-refractivity contribution is 0.364. The molecule has 0 aliphatic carbocycles. The Balaban J connectivity index is 1.62. The van der Waals surface area contributed by atoms with Gasteiger partial charge in [-0.25, -0.2) is 0 Å².